The molecule has 0 fully saturated rings. The minimum absolute atomic E-state index is 0.122. The summed E-state index contributed by atoms with van der Waals surface area (Å²) >= 11 is 5.18. The van der Waals surface area contributed by atoms with Crippen LogP contribution < -0.4 is 5.32 Å². The molecule has 18 heavy (non-hydrogen) atoms. The van der Waals surface area contributed by atoms with Gasteiger partial charge in [0.1, 0.15) is 5.82 Å². The number of rotatable bonds is 4. The molecule has 0 saturated heterocycles. The van der Waals surface area contributed by atoms with Gasteiger partial charge >= 0.3 is 0 Å². The molecule has 2 atom stereocenters. The van der Waals surface area contributed by atoms with Gasteiger partial charge in [-0.3, -0.25) is 0 Å². The highest BCUT2D eigenvalue weighted by Gasteiger charge is 2.13. The first-order valence-electron chi connectivity index (χ1n) is 5.83. The minimum Gasteiger partial charge on any atom is -0.303 e. The highest BCUT2D eigenvalue weighted by atomic mass is 79.9. The van der Waals surface area contributed by atoms with E-state index in [1.807, 2.05) is 19.1 Å². The zero-order valence-corrected chi connectivity index (χ0v) is 12.7. The van der Waals surface area contributed by atoms with E-state index in [4.69, 9.17) is 0 Å². The van der Waals surface area contributed by atoms with Crippen LogP contribution in [0.5, 0.6) is 0 Å². The average Bonchev–Trinajstić information content (AvgIpc) is 2.76. The van der Waals surface area contributed by atoms with Gasteiger partial charge < -0.3 is 5.32 Å². The molecular formula is C14H15BrFNS. The van der Waals surface area contributed by atoms with Gasteiger partial charge in [-0.15, -0.1) is 11.3 Å². The minimum atomic E-state index is -0.187. The number of hydrogen-bond donors (Lipinski definition) is 1. The van der Waals surface area contributed by atoms with Gasteiger partial charge in [0.05, 0.1) is 3.79 Å². The maximum Gasteiger partial charge on any atom is 0.123 e. The lowest BCUT2D eigenvalue weighted by atomic mass is 10.1. The summed E-state index contributed by atoms with van der Waals surface area (Å²) in [5, 5.41) is 3.48. The van der Waals surface area contributed by atoms with Crippen molar-refractivity contribution >= 4 is 27.3 Å². The van der Waals surface area contributed by atoms with E-state index in [9.17, 15) is 4.39 Å². The average molecular weight is 328 g/mol. The van der Waals surface area contributed by atoms with E-state index in [2.05, 4.69) is 34.2 Å². The van der Waals surface area contributed by atoms with Gasteiger partial charge in [-0.1, -0.05) is 12.1 Å². The van der Waals surface area contributed by atoms with Crippen LogP contribution in [-0.2, 0) is 0 Å². The predicted octanol–water partition coefficient (Wildman–Crippen LogP) is 5.06. The summed E-state index contributed by atoms with van der Waals surface area (Å²) in [5.74, 6) is -0.187. The van der Waals surface area contributed by atoms with Gasteiger partial charge in [-0.2, -0.15) is 0 Å². The van der Waals surface area contributed by atoms with E-state index < -0.39 is 0 Å². The maximum absolute atomic E-state index is 13.2. The monoisotopic (exact) mass is 327 g/mol. The van der Waals surface area contributed by atoms with E-state index in [0.29, 0.717) is 0 Å². The molecule has 0 radical (unpaired) electrons. The molecule has 1 aromatic carbocycles. The molecular weight excluding hydrogens is 313 g/mol. The highest BCUT2D eigenvalue weighted by Crippen LogP contribution is 2.28. The van der Waals surface area contributed by atoms with Crippen molar-refractivity contribution in [3.05, 3.63) is 56.4 Å². The van der Waals surface area contributed by atoms with E-state index in [-0.39, 0.29) is 17.9 Å². The van der Waals surface area contributed by atoms with Gasteiger partial charge in [0.2, 0.25) is 0 Å². The molecule has 0 aliphatic rings. The van der Waals surface area contributed by atoms with Crippen molar-refractivity contribution in [2.75, 3.05) is 0 Å². The van der Waals surface area contributed by atoms with E-state index in [0.717, 1.165) is 9.35 Å². The molecule has 0 bridgehead atoms. The summed E-state index contributed by atoms with van der Waals surface area (Å²) in [6, 6.07) is 11.3. The molecule has 0 saturated carbocycles. The van der Waals surface area contributed by atoms with Gasteiger partial charge in [0.15, 0.2) is 0 Å². The van der Waals surface area contributed by atoms with Crippen molar-refractivity contribution in [3.63, 3.8) is 0 Å². The quantitative estimate of drug-likeness (QED) is 0.827. The van der Waals surface area contributed by atoms with Gasteiger partial charge in [0.25, 0.3) is 0 Å². The van der Waals surface area contributed by atoms with E-state index in [1.54, 1.807) is 23.5 Å². The lowest BCUT2D eigenvalue weighted by Crippen LogP contribution is -2.21. The predicted molar refractivity (Wildman–Crippen MR) is 78.4 cm³/mol. The first-order valence-corrected chi connectivity index (χ1v) is 7.44. The van der Waals surface area contributed by atoms with Gasteiger partial charge in [-0.25, -0.2) is 4.39 Å². The van der Waals surface area contributed by atoms with Crippen LogP contribution in [0.4, 0.5) is 4.39 Å². The Balaban J connectivity index is 2.05. The van der Waals surface area contributed by atoms with Crippen molar-refractivity contribution in [3.8, 4) is 0 Å². The molecule has 1 aromatic heterocycles. The molecule has 96 valence electrons. The van der Waals surface area contributed by atoms with Crippen molar-refractivity contribution < 1.29 is 4.39 Å². The van der Waals surface area contributed by atoms with Crippen LogP contribution in [0.15, 0.2) is 40.2 Å². The molecule has 1 N–H and O–H groups in total. The van der Waals surface area contributed by atoms with Crippen LogP contribution >= 0.6 is 27.3 Å². The molecule has 2 aromatic rings. The van der Waals surface area contributed by atoms with E-state index >= 15 is 0 Å². The first kappa shape index (κ1) is 13.7. The smallest absolute Gasteiger partial charge is 0.123 e. The van der Waals surface area contributed by atoms with Crippen LogP contribution in [0.3, 0.4) is 0 Å². The topological polar surface area (TPSA) is 12.0 Å². The van der Waals surface area contributed by atoms with Crippen molar-refractivity contribution in [1.29, 1.82) is 0 Å². The fraction of sp³-hybridized carbons (Fsp3) is 0.286. The Morgan fingerprint density at radius 1 is 1.17 bits per heavy atom. The Morgan fingerprint density at radius 2 is 1.94 bits per heavy atom. The number of halogens is 2. The second kappa shape index (κ2) is 5.95. The number of benzene rings is 1. The van der Waals surface area contributed by atoms with Crippen LogP contribution in [0.25, 0.3) is 0 Å². The first-order chi connectivity index (χ1) is 8.56. The summed E-state index contributed by atoms with van der Waals surface area (Å²) in [6.45, 7) is 4.17. The summed E-state index contributed by atoms with van der Waals surface area (Å²) in [6.07, 6.45) is 0. The number of hydrogen-bond acceptors (Lipinski definition) is 2. The molecule has 2 rings (SSSR count). The fourth-order valence-electron chi connectivity index (χ4n) is 1.89. The fourth-order valence-corrected chi connectivity index (χ4v) is 3.33. The summed E-state index contributed by atoms with van der Waals surface area (Å²) in [7, 11) is 0. The Kier molecular flexibility index (Phi) is 4.54. The third-order valence-electron chi connectivity index (χ3n) is 2.87. The molecule has 0 aliphatic carbocycles. The van der Waals surface area contributed by atoms with Crippen LogP contribution in [0, 0.1) is 5.82 Å². The number of nitrogens with one attached hydrogen (secondary N) is 1. The summed E-state index contributed by atoms with van der Waals surface area (Å²) in [4.78, 5) is 1.27. The molecule has 1 unspecified atom stereocenters. The van der Waals surface area contributed by atoms with Crippen LogP contribution in [-0.4, -0.2) is 0 Å². The Bertz CT molecular complexity index is 526. The Hall–Kier alpha value is -0.710. The van der Waals surface area contributed by atoms with Crippen molar-refractivity contribution in [2.24, 2.45) is 0 Å². The lowest BCUT2D eigenvalue weighted by molar-refractivity contribution is 0.497. The molecule has 0 amide bonds. The SMILES string of the molecule is CC(N[C@@H](C)c1cccc(F)c1)c1ccc(Br)s1. The van der Waals surface area contributed by atoms with Crippen LogP contribution in [0.1, 0.15) is 36.4 Å². The second-order valence-corrected chi connectivity index (χ2v) is 6.80. The molecule has 0 spiro atoms. The summed E-state index contributed by atoms with van der Waals surface area (Å²) < 4.78 is 14.3. The number of thiophene rings is 1. The molecule has 1 nitrogen and oxygen atoms in total. The highest BCUT2D eigenvalue weighted by molar-refractivity contribution is 9.11. The van der Waals surface area contributed by atoms with E-state index in [1.165, 1.54) is 10.9 Å². The molecule has 1 heterocycles. The lowest BCUT2D eigenvalue weighted by Gasteiger charge is -2.19. The molecule has 4 heteroatoms. The third-order valence-corrected chi connectivity index (χ3v) is 4.68. The Labute approximate surface area is 119 Å². The molecule has 0 aliphatic heterocycles. The summed E-state index contributed by atoms with van der Waals surface area (Å²) in [5.41, 5.74) is 0.970. The van der Waals surface area contributed by atoms with Gasteiger partial charge in [0, 0.05) is 17.0 Å². The zero-order valence-electron chi connectivity index (χ0n) is 10.3. The van der Waals surface area contributed by atoms with Crippen molar-refractivity contribution in [2.45, 2.75) is 25.9 Å². The Morgan fingerprint density at radius 3 is 2.56 bits per heavy atom. The zero-order chi connectivity index (χ0) is 13.1. The second-order valence-electron chi connectivity index (χ2n) is 4.31. The normalized spacial score (nSPS) is 14.4. The van der Waals surface area contributed by atoms with Crippen LogP contribution in [0.2, 0.25) is 0 Å². The standard InChI is InChI=1S/C14H15BrFNS/c1-9(11-4-3-5-12(16)8-11)17-10(2)13-6-7-14(15)18-13/h3-10,17H,1-2H3/t9-,10?/m0/s1. The maximum atomic E-state index is 13.2. The largest absolute Gasteiger partial charge is 0.303 e. The third kappa shape index (κ3) is 3.40. The van der Waals surface area contributed by atoms with Crippen molar-refractivity contribution in [1.82, 2.24) is 5.32 Å². The van der Waals surface area contributed by atoms with Gasteiger partial charge in [-0.05, 0) is 59.6 Å².